The molecule has 1 atom stereocenters. The van der Waals surface area contributed by atoms with Crippen LogP contribution in [-0.4, -0.2) is 47.0 Å². The van der Waals surface area contributed by atoms with Gasteiger partial charge in [-0.2, -0.15) is 0 Å². The number of fused-ring (bicyclic) bond motifs is 1. The topological polar surface area (TPSA) is 61.0 Å². The molecule has 5 heteroatoms. The maximum atomic E-state index is 13.3. The third-order valence-electron chi connectivity index (χ3n) is 5.67. The number of carbonyl (C=O) groups excluding carboxylic acids is 1. The minimum absolute atomic E-state index is 0.122. The van der Waals surface area contributed by atoms with Gasteiger partial charge in [-0.1, -0.05) is 24.3 Å². The fourth-order valence-electron chi connectivity index (χ4n) is 4.08. The largest absolute Gasteiger partial charge is 0.342 e. The van der Waals surface area contributed by atoms with E-state index in [1.165, 1.54) is 11.1 Å². The Bertz CT molecular complexity index is 972. The molecule has 0 saturated carbocycles. The van der Waals surface area contributed by atoms with Gasteiger partial charge in [0.05, 0.1) is 11.0 Å². The molecular weight excluding hydrogens is 348 g/mol. The first-order valence-corrected chi connectivity index (χ1v) is 10.2. The number of aromatic amines is 1. The first kappa shape index (κ1) is 18.7. The maximum absolute atomic E-state index is 13.3. The SMILES string of the molecule is CCN(CCc1nc2ccc(C)cc2[nH]1)C(=O)c1ccccc1[C@@H]1CCNC1. The van der Waals surface area contributed by atoms with Crippen LogP contribution in [0.3, 0.4) is 0 Å². The maximum Gasteiger partial charge on any atom is 0.254 e. The number of amides is 1. The van der Waals surface area contributed by atoms with E-state index in [4.69, 9.17) is 0 Å². The molecule has 0 unspecified atom stereocenters. The number of nitrogens with one attached hydrogen (secondary N) is 2. The fraction of sp³-hybridized carbons (Fsp3) is 0.391. The molecule has 2 aromatic carbocycles. The molecule has 2 heterocycles. The molecule has 0 radical (unpaired) electrons. The monoisotopic (exact) mass is 376 g/mol. The second kappa shape index (κ2) is 8.15. The first-order chi connectivity index (χ1) is 13.7. The Balaban J connectivity index is 1.50. The molecule has 1 aliphatic rings. The van der Waals surface area contributed by atoms with Crippen LogP contribution in [0.1, 0.15) is 46.6 Å². The van der Waals surface area contributed by atoms with Crippen LogP contribution in [0.4, 0.5) is 0 Å². The summed E-state index contributed by atoms with van der Waals surface area (Å²) in [7, 11) is 0. The number of carbonyl (C=O) groups is 1. The molecule has 5 nitrogen and oxygen atoms in total. The summed E-state index contributed by atoms with van der Waals surface area (Å²) < 4.78 is 0. The standard InChI is InChI=1S/C23H28N4O/c1-3-27(13-11-22-25-20-9-8-16(2)14-21(20)26-22)23(28)19-7-5-4-6-18(19)17-10-12-24-15-17/h4-9,14,17,24H,3,10-13,15H2,1-2H3,(H,25,26)/t17-/m1/s1. The van der Waals surface area contributed by atoms with Gasteiger partial charge in [-0.3, -0.25) is 4.79 Å². The lowest BCUT2D eigenvalue weighted by Crippen LogP contribution is -2.33. The Morgan fingerprint density at radius 2 is 2.11 bits per heavy atom. The van der Waals surface area contributed by atoms with E-state index >= 15 is 0 Å². The van der Waals surface area contributed by atoms with Crippen molar-refractivity contribution in [3.05, 3.63) is 65.0 Å². The zero-order valence-corrected chi connectivity index (χ0v) is 16.7. The normalized spacial score (nSPS) is 16.6. The summed E-state index contributed by atoms with van der Waals surface area (Å²) in [6.07, 6.45) is 1.81. The van der Waals surface area contributed by atoms with Gasteiger partial charge in [-0.25, -0.2) is 4.98 Å². The van der Waals surface area contributed by atoms with E-state index in [2.05, 4.69) is 40.4 Å². The van der Waals surface area contributed by atoms with Gasteiger partial charge in [0.2, 0.25) is 0 Å². The van der Waals surface area contributed by atoms with Gasteiger partial charge in [0, 0.05) is 31.6 Å². The lowest BCUT2D eigenvalue weighted by molar-refractivity contribution is 0.0764. The molecule has 1 fully saturated rings. The van der Waals surface area contributed by atoms with E-state index in [0.717, 1.165) is 48.4 Å². The summed E-state index contributed by atoms with van der Waals surface area (Å²) in [4.78, 5) is 23.3. The van der Waals surface area contributed by atoms with Crippen molar-refractivity contribution >= 4 is 16.9 Å². The lowest BCUT2D eigenvalue weighted by Gasteiger charge is -2.23. The predicted molar refractivity (Wildman–Crippen MR) is 113 cm³/mol. The number of aryl methyl sites for hydroxylation is 1. The zero-order valence-electron chi connectivity index (χ0n) is 16.7. The predicted octanol–water partition coefficient (Wildman–Crippen LogP) is 3.65. The Morgan fingerprint density at radius 3 is 2.89 bits per heavy atom. The van der Waals surface area contributed by atoms with Crippen molar-refractivity contribution in [2.45, 2.75) is 32.6 Å². The van der Waals surface area contributed by atoms with Crippen LogP contribution in [0.2, 0.25) is 0 Å². The average molecular weight is 377 g/mol. The molecule has 4 rings (SSSR count). The number of rotatable bonds is 6. The molecule has 146 valence electrons. The summed E-state index contributed by atoms with van der Waals surface area (Å²) in [5, 5.41) is 3.41. The number of hydrogen-bond acceptors (Lipinski definition) is 3. The minimum atomic E-state index is 0.122. The second-order valence-corrected chi connectivity index (χ2v) is 7.62. The number of aromatic nitrogens is 2. The van der Waals surface area contributed by atoms with Crippen molar-refractivity contribution in [1.29, 1.82) is 0 Å². The van der Waals surface area contributed by atoms with Gasteiger partial charge in [0.15, 0.2) is 0 Å². The van der Waals surface area contributed by atoms with E-state index in [1.807, 2.05) is 36.1 Å². The van der Waals surface area contributed by atoms with Crippen molar-refractivity contribution < 1.29 is 4.79 Å². The molecule has 3 aromatic rings. The van der Waals surface area contributed by atoms with Crippen LogP contribution in [-0.2, 0) is 6.42 Å². The van der Waals surface area contributed by atoms with Gasteiger partial charge >= 0.3 is 0 Å². The number of likely N-dealkylation sites (N-methyl/N-ethyl adjacent to an activating group) is 1. The smallest absolute Gasteiger partial charge is 0.254 e. The van der Waals surface area contributed by atoms with Crippen molar-refractivity contribution in [1.82, 2.24) is 20.2 Å². The molecule has 0 spiro atoms. The summed E-state index contributed by atoms with van der Waals surface area (Å²) >= 11 is 0. The molecule has 1 aromatic heterocycles. The van der Waals surface area contributed by atoms with Crippen LogP contribution in [0.5, 0.6) is 0 Å². The summed E-state index contributed by atoms with van der Waals surface area (Å²) in [5.41, 5.74) is 5.28. The highest BCUT2D eigenvalue weighted by Gasteiger charge is 2.24. The fourth-order valence-corrected chi connectivity index (χ4v) is 4.08. The summed E-state index contributed by atoms with van der Waals surface area (Å²) in [5.74, 6) is 1.48. The highest BCUT2D eigenvalue weighted by atomic mass is 16.2. The third-order valence-corrected chi connectivity index (χ3v) is 5.67. The van der Waals surface area contributed by atoms with Crippen molar-refractivity contribution in [2.24, 2.45) is 0 Å². The third kappa shape index (κ3) is 3.80. The summed E-state index contributed by atoms with van der Waals surface area (Å²) in [6.45, 7) is 7.44. The molecule has 0 aliphatic carbocycles. The molecular formula is C23H28N4O. The van der Waals surface area contributed by atoms with E-state index in [-0.39, 0.29) is 5.91 Å². The van der Waals surface area contributed by atoms with Crippen LogP contribution in [0.25, 0.3) is 11.0 Å². The van der Waals surface area contributed by atoms with E-state index in [0.29, 0.717) is 19.0 Å². The first-order valence-electron chi connectivity index (χ1n) is 10.2. The highest BCUT2D eigenvalue weighted by Crippen LogP contribution is 2.26. The quantitative estimate of drug-likeness (QED) is 0.690. The van der Waals surface area contributed by atoms with Gasteiger partial charge in [-0.15, -0.1) is 0 Å². The Hall–Kier alpha value is -2.66. The Kier molecular flexibility index (Phi) is 5.44. The molecule has 1 saturated heterocycles. The highest BCUT2D eigenvalue weighted by molar-refractivity contribution is 5.96. The average Bonchev–Trinajstić information content (AvgIpc) is 3.37. The van der Waals surface area contributed by atoms with E-state index < -0.39 is 0 Å². The minimum Gasteiger partial charge on any atom is -0.342 e. The number of benzene rings is 2. The molecule has 0 bridgehead atoms. The van der Waals surface area contributed by atoms with E-state index in [9.17, 15) is 4.79 Å². The second-order valence-electron chi connectivity index (χ2n) is 7.62. The van der Waals surface area contributed by atoms with Crippen LogP contribution < -0.4 is 5.32 Å². The Morgan fingerprint density at radius 1 is 1.25 bits per heavy atom. The number of H-pyrrole nitrogens is 1. The molecule has 1 amide bonds. The van der Waals surface area contributed by atoms with Crippen molar-refractivity contribution in [2.75, 3.05) is 26.2 Å². The van der Waals surface area contributed by atoms with Crippen LogP contribution in [0.15, 0.2) is 42.5 Å². The summed E-state index contributed by atoms with van der Waals surface area (Å²) in [6, 6.07) is 14.3. The zero-order chi connectivity index (χ0) is 19.5. The lowest BCUT2D eigenvalue weighted by atomic mass is 9.93. The molecule has 28 heavy (non-hydrogen) atoms. The van der Waals surface area contributed by atoms with E-state index in [1.54, 1.807) is 0 Å². The number of nitrogens with zero attached hydrogens (tertiary/aromatic N) is 2. The van der Waals surface area contributed by atoms with Crippen molar-refractivity contribution in [3.8, 4) is 0 Å². The van der Waals surface area contributed by atoms with Crippen molar-refractivity contribution in [3.63, 3.8) is 0 Å². The van der Waals surface area contributed by atoms with Gasteiger partial charge in [-0.05, 0) is 62.1 Å². The Labute approximate surface area is 166 Å². The van der Waals surface area contributed by atoms with Gasteiger partial charge < -0.3 is 15.2 Å². The molecule has 1 aliphatic heterocycles. The number of imidazole rings is 1. The van der Waals surface area contributed by atoms with Gasteiger partial charge in [0.1, 0.15) is 5.82 Å². The molecule has 2 N–H and O–H groups in total. The van der Waals surface area contributed by atoms with Gasteiger partial charge in [0.25, 0.3) is 5.91 Å². The number of hydrogen-bond donors (Lipinski definition) is 2. The van der Waals surface area contributed by atoms with Crippen LogP contribution in [0, 0.1) is 6.92 Å². The van der Waals surface area contributed by atoms with Crippen LogP contribution >= 0.6 is 0 Å².